The third-order valence-electron chi connectivity index (χ3n) is 3.26. The second-order valence-electron chi connectivity index (χ2n) is 5.00. The summed E-state index contributed by atoms with van der Waals surface area (Å²) in [6, 6.07) is 11.2. The molecule has 0 fully saturated rings. The zero-order chi connectivity index (χ0) is 15.4. The van der Waals surface area contributed by atoms with Crippen molar-refractivity contribution in [2.24, 2.45) is 0 Å². The molecule has 2 rings (SSSR count). The molecule has 110 valence electrons. The van der Waals surface area contributed by atoms with Gasteiger partial charge in [-0.1, -0.05) is 23.7 Å². The number of methoxy groups -OCH3 is 1. The van der Waals surface area contributed by atoms with Crippen molar-refractivity contribution in [3.63, 3.8) is 0 Å². The molecule has 0 spiro atoms. The molecule has 0 unspecified atom stereocenters. The van der Waals surface area contributed by atoms with E-state index in [1.807, 2.05) is 32.0 Å². The van der Waals surface area contributed by atoms with Crippen molar-refractivity contribution in [1.29, 1.82) is 0 Å². The van der Waals surface area contributed by atoms with Crippen LogP contribution in [-0.4, -0.2) is 13.0 Å². The van der Waals surface area contributed by atoms with Crippen molar-refractivity contribution in [3.05, 3.63) is 58.1 Å². The Hall–Kier alpha value is -2.00. The van der Waals surface area contributed by atoms with Crippen molar-refractivity contribution in [2.75, 3.05) is 12.4 Å². The Morgan fingerprint density at radius 1 is 1.19 bits per heavy atom. The lowest BCUT2D eigenvalue weighted by Gasteiger charge is -2.11. The zero-order valence-corrected chi connectivity index (χ0v) is 13.1. The minimum atomic E-state index is -0.0933. The summed E-state index contributed by atoms with van der Waals surface area (Å²) in [5.41, 5.74) is 3.75. The molecule has 1 amide bonds. The molecule has 1 N–H and O–H groups in total. The Balaban J connectivity index is 2.15. The van der Waals surface area contributed by atoms with Crippen LogP contribution in [0.2, 0.25) is 5.02 Å². The van der Waals surface area contributed by atoms with Gasteiger partial charge in [0.25, 0.3) is 0 Å². The van der Waals surface area contributed by atoms with Gasteiger partial charge in [0.05, 0.1) is 13.5 Å². The molecule has 0 aliphatic carbocycles. The second kappa shape index (κ2) is 6.64. The van der Waals surface area contributed by atoms with Crippen molar-refractivity contribution in [3.8, 4) is 5.75 Å². The van der Waals surface area contributed by atoms with Gasteiger partial charge in [0, 0.05) is 16.3 Å². The Kier molecular flexibility index (Phi) is 4.86. The number of hydrogen-bond acceptors (Lipinski definition) is 2. The Morgan fingerprint density at radius 3 is 2.67 bits per heavy atom. The predicted molar refractivity (Wildman–Crippen MR) is 86.3 cm³/mol. The van der Waals surface area contributed by atoms with Gasteiger partial charge in [0.2, 0.25) is 5.91 Å². The first kappa shape index (κ1) is 15.4. The molecule has 21 heavy (non-hydrogen) atoms. The maximum absolute atomic E-state index is 12.2. The average Bonchev–Trinajstić information content (AvgIpc) is 2.43. The molecule has 0 heterocycles. The summed E-state index contributed by atoms with van der Waals surface area (Å²) in [6.45, 7) is 3.96. The number of carbonyl (C=O) groups excluding carboxylic acids is 1. The first-order chi connectivity index (χ1) is 9.99. The van der Waals surface area contributed by atoms with Crippen molar-refractivity contribution >= 4 is 23.2 Å². The molecular formula is C17H18ClNO2. The minimum Gasteiger partial charge on any atom is -0.496 e. The largest absolute Gasteiger partial charge is 0.496 e. The first-order valence-electron chi connectivity index (χ1n) is 6.69. The van der Waals surface area contributed by atoms with E-state index in [1.54, 1.807) is 25.3 Å². The summed E-state index contributed by atoms with van der Waals surface area (Å²) in [5, 5.41) is 3.52. The highest BCUT2D eigenvalue weighted by atomic mass is 35.5. The molecule has 2 aromatic rings. The number of nitrogens with one attached hydrogen (secondary N) is 1. The summed E-state index contributed by atoms with van der Waals surface area (Å²) in [6.07, 6.45) is 0.219. The number of benzene rings is 2. The predicted octanol–water partition coefficient (Wildman–Crippen LogP) is 4.15. The summed E-state index contributed by atoms with van der Waals surface area (Å²) in [5.74, 6) is 0.569. The fourth-order valence-corrected chi connectivity index (χ4v) is 2.32. The molecule has 0 saturated heterocycles. The summed E-state index contributed by atoms with van der Waals surface area (Å²) in [4.78, 5) is 12.2. The van der Waals surface area contributed by atoms with Gasteiger partial charge in [-0.2, -0.15) is 0 Å². The Labute approximate surface area is 129 Å². The SMILES string of the molecule is COc1ccc(Cl)cc1CC(=O)Nc1cc(C)ccc1C. The summed E-state index contributed by atoms with van der Waals surface area (Å²) < 4.78 is 5.26. The van der Waals surface area contributed by atoms with Crippen LogP contribution in [0.5, 0.6) is 5.75 Å². The Morgan fingerprint density at radius 2 is 1.95 bits per heavy atom. The third-order valence-corrected chi connectivity index (χ3v) is 3.50. The van der Waals surface area contributed by atoms with Gasteiger partial charge < -0.3 is 10.1 Å². The molecule has 0 bridgehead atoms. The van der Waals surface area contributed by atoms with Gasteiger partial charge in [-0.05, 0) is 49.2 Å². The molecule has 0 aliphatic heterocycles. The van der Waals surface area contributed by atoms with Crippen LogP contribution in [0.1, 0.15) is 16.7 Å². The molecule has 0 atom stereocenters. The number of ether oxygens (including phenoxy) is 1. The quantitative estimate of drug-likeness (QED) is 0.921. The van der Waals surface area contributed by atoms with E-state index in [0.717, 1.165) is 22.4 Å². The fraction of sp³-hybridized carbons (Fsp3) is 0.235. The van der Waals surface area contributed by atoms with Crippen LogP contribution in [0.3, 0.4) is 0 Å². The van der Waals surface area contributed by atoms with Crippen molar-refractivity contribution in [1.82, 2.24) is 0 Å². The molecule has 0 aliphatic rings. The second-order valence-corrected chi connectivity index (χ2v) is 5.44. The molecule has 0 radical (unpaired) electrons. The molecule has 2 aromatic carbocycles. The first-order valence-corrected chi connectivity index (χ1v) is 7.07. The van der Waals surface area contributed by atoms with Gasteiger partial charge in [-0.3, -0.25) is 4.79 Å². The van der Waals surface area contributed by atoms with Crippen LogP contribution >= 0.6 is 11.6 Å². The van der Waals surface area contributed by atoms with E-state index in [4.69, 9.17) is 16.3 Å². The van der Waals surface area contributed by atoms with E-state index in [9.17, 15) is 4.79 Å². The third kappa shape index (κ3) is 3.99. The Bertz CT molecular complexity index is 668. The van der Waals surface area contributed by atoms with Crippen LogP contribution in [0.25, 0.3) is 0 Å². The topological polar surface area (TPSA) is 38.3 Å². The zero-order valence-electron chi connectivity index (χ0n) is 12.4. The number of halogens is 1. The molecule has 3 nitrogen and oxygen atoms in total. The number of carbonyl (C=O) groups is 1. The van der Waals surface area contributed by atoms with E-state index in [1.165, 1.54) is 0 Å². The van der Waals surface area contributed by atoms with Crippen LogP contribution in [-0.2, 0) is 11.2 Å². The van der Waals surface area contributed by atoms with E-state index in [-0.39, 0.29) is 12.3 Å². The highest BCUT2D eigenvalue weighted by Gasteiger charge is 2.11. The standard InChI is InChI=1S/C17H18ClNO2/c1-11-4-5-12(2)15(8-11)19-17(20)10-13-9-14(18)6-7-16(13)21-3/h4-9H,10H2,1-3H3,(H,19,20). The van der Waals surface area contributed by atoms with Gasteiger partial charge in [0.1, 0.15) is 5.75 Å². The van der Waals surface area contributed by atoms with Gasteiger partial charge >= 0.3 is 0 Å². The lowest BCUT2D eigenvalue weighted by molar-refractivity contribution is -0.115. The van der Waals surface area contributed by atoms with Crippen LogP contribution in [0.15, 0.2) is 36.4 Å². The van der Waals surface area contributed by atoms with Crippen molar-refractivity contribution in [2.45, 2.75) is 20.3 Å². The monoisotopic (exact) mass is 303 g/mol. The molecule has 0 saturated carbocycles. The van der Waals surface area contributed by atoms with E-state index in [2.05, 4.69) is 5.32 Å². The number of amides is 1. The number of rotatable bonds is 4. The maximum atomic E-state index is 12.2. The summed E-state index contributed by atoms with van der Waals surface area (Å²) in [7, 11) is 1.58. The number of hydrogen-bond donors (Lipinski definition) is 1. The lowest BCUT2D eigenvalue weighted by Crippen LogP contribution is -2.15. The van der Waals surface area contributed by atoms with Gasteiger partial charge in [-0.15, -0.1) is 0 Å². The summed E-state index contributed by atoms with van der Waals surface area (Å²) >= 11 is 5.98. The lowest BCUT2D eigenvalue weighted by atomic mass is 10.1. The van der Waals surface area contributed by atoms with Crippen LogP contribution in [0.4, 0.5) is 5.69 Å². The maximum Gasteiger partial charge on any atom is 0.228 e. The molecule has 0 aromatic heterocycles. The number of anilines is 1. The average molecular weight is 304 g/mol. The normalized spacial score (nSPS) is 10.3. The number of aryl methyl sites for hydroxylation is 2. The van der Waals surface area contributed by atoms with Gasteiger partial charge in [0.15, 0.2) is 0 Å². The van der Waals surface area contributed by atoms with Crippen LogP contribution in [0, 0.1) is 13.8 Å². The van der Waals surface area contributed by atoms with E-state index >= 15 is 0 Å². The highest BCUT2D eigenvalue weighted by molar-refractivity contribution is 6.30. The smallest absolute Gasteiger partial charge is 0.228 e. The highest BCUT2D eigenvalue weighted by Crippen LogP contribution is 2.24. The van der Waals surface area contributed by atoms with Crippen LogP contribution < -0.4 is 10.1 Å². The van der Waals surface area contributed by atoms with E-state index in [0.29, 0.717) is 10.8 Å². The van der Waals surface area contributed by atoms with Crippen molar-refractivity contribution < 1.29 is 9.53 Å². The minimum absolute atomic E-state index is 0.0933. The van der Waals surface area contributed by atoms with Gasteiger partial charge in [-0.25, -0.2) is 0 Å². The molecule has 4 heteroatoms. The molecular weight excluding hydrogens is 286 g/mol. The van der Waals surface area contributed by atoms with E-state index < -0.39 is 0 Å². The fourth-order valence-electron chi connectivity index (χ4n) is 2.12.